The molecule has 0 radical (unpaired) electrons. The van der Waals surface area contributed by atoms with Crippen molar-refractivity contribution < 1.29 is 9.66 Å². The van der Waals surface area contributed by atoms with Gasteiger partial charge < -0.3 is 15.4 Å². The number of benzene rings is 1. The molecule has 1 aliphatic heterocycles. The summed E-state index contributed by atoms with van der Waals surface area (Å²) >= 11 is 0. The Hall–Kier alpha value is -1.82. The van der Waals surface area contributed by atoms with E-state index in [0.29, 0.717) is 18.3 Å². The summed E-state index contributed by atoms with van der Waals surface area (Å²) in [5.74, 6) is 0.937. The van der Waals surface area contributed by atoms with E-state index in [0.717, 1.165) is 38.2 Å². The van der Waals surface area contributed by atoms with Crippen molar-refractivity contribution in [3.05, 3.63) is 28.3 Å². The molecule has 1 heterocycles. The molecule has 0 aromatic heterocycles. The Morgan fingerprint density at radius 1 is 1.45 bits per heavy atom. The normalized spacial score (nSPS) is 16.2. The fraction of sp³-hybridized carbons (Fsp3) is 0.571. The lowest BCUT2D eigenvalue weighted by molar-refractivity contribution is -0.385. The van der Waals surface area contributed by atoms with Gasteiger partial charge in [-0.3, -0.25) is 10.1 Å². The van der Waals surface area contributed by atoms with E-state index in [1.165, 1.54) is 6.07 Å². The molecule has 0 spiro atoms. The summed E-state index contributed by atoms with van der Waals surface area (Å²) in [6.07, 6.45) is 2.13. The number of nitrogens with zero attached hydrogens (tertiary/aromatic N) is 2. The predicted octanol–water partition coefficient (Wildman–Crippen LogP) is 2.17. The Morgan fingerprint density at radius 3 is 2.70 bits per heavy atom. The third-order valence-corrected chi connectivity index (χ3v) is 3.75. The minimum Gasteiger partial charge on any atom is -0.487 e. The fourth-order valence-electron chi connectivity index (χ4n) is 2.55. The van der Waals surface area contributed by atoms with Crippen molar-refractivity contribution in [1.29, 1.82) is 0 Å². The number of nitro benzene ring substituents is 1. The molecule has 6 nitrogen and oxygen atoms in total. The van der Waals surface area contributed by atoms with E-state index in [9.17, 15) is 10.1 Å². The lowest BCUT2D eigenvalue weighted by Gasteiger charge is -2.33. The maximum Gasteiger partial charge on any atom is 0.311 e. The number of hydrogen-bond donors (Lipinski definition) is 1. The van der Waals surface area contributed by atoms with Crippen LogP contribution in [0.25, 0.3) is 0 Å². The second-order valence-electron chi connectivity index (χ2n) is 5.01. The minimum atomic E-state index is -0.407. The first-order valence-corrected chi connectivity index (χ1v) is 7.02. The van der Waals surface area contributed by atoms with Crippen LogP contribution in [0.2, 0.25) is 0 Å². The largest absolute Gasteiger partial charge is 0.487 e. The quantitative estimate of drug-likeness (QED) is 0.660. The van der Waals surface area contributed by atoms with Gasteiger partial charge in [0.15, 0.2) is 5.75 Å². The molecular weight excluding hydrogens is 258 g/mol. The zero-order chi connectivity index (χ0) is 14.5. The first-order valence-electron chi connectivity index (χ1n) is 7.02. The molecule has 2 rings (SSSR count). The van der Waals surface area contributed by atoms with Crippen molar-refractivity contribution in [2.75, 3.05) is 31.1 Å². The van der Waals surface area contributed by atoms with E-state index >= 15 is 0 Å². The van der Waals surface area contributed by atoms with Gasteiger partial charge in [0.2, 0.25) is 0 Å². The van der Waals surface area contributed by atoms with Crippen LogP contribution < -0.4 is 15.4 Å². The highest BCUT2D eigenvalue weighted by molar-refractivity contribution is 5.59. The number of hydrogen-bond acceptors (Lipinski definition) is 5. The van der Waals surface area contributed by atoms with E-state index in [4.69, 9.17) is 10.5 Å². The maximum atomic E-state index is 11.0. The average molecular weight is 279 g/mol. The van der Waals surface area contributed by atoms with Crippen LogP contribution in [0.3, 0.4) is 0 Å². The van der Waals surface area contributed by atoms with Gasteiger partial charge in [-0.15, -0.1) is 0 Å². The highest BCUT2D eigenvalue weighted by Gasteiger charge is 2.21. The lowest BCUT2D eigenvalue weighted by Crippen LogP contribution is -2.36. The molecule has 1 aliphatic rings. The van der Waals surface area contributed by atoms with Gasteiger partial charge in [-0.05, 0) is 38.3 Å². The van der Waals surface area contributed by atoms with Gasteiger partial charge in [0, 0.05) is 30.9 Å². The first kappa shape index (κ1) is 14.6. The Labute approximate surface area is 118 Å². The van der Waals surface area contributed by atoms with E-state index in [-0.39, 0.29) is 5.69 Å². The molecule has 0 aliphatic carbocycles. The first-order chi connectivity index (χ1) is 9.65. The van der Waals surface area contributed by atoms with Gasteiger partial charge in [0.05, 0.1) is 11.5 Å². The van der Waals surface area contributed by atoms with Crippen LogP contribution in [0.1, 0.15) is 19.8 Å². The predicted molar refractivity (Wildman–Crippen MR) is 78.3 cm³/mol. The van der Waals surface area contributed by atoms with E-state index in [1.807, 2.05) is 6.92 Å². The maximum absolute atomic E-state index is 11.0. The van der Waals surface area contributed by atoms with Gasteiger partial charge in [0.1, 0.15) is 0 Å². The summed E-state index contributed by atoms with van der Waals surface area (Å²) in [6.45, 7) is 4.84. The van der Waals surface area contributed by atoms with Gasteiger partial charge in [0.25, 0.3) is 0 Å². The molecule has 0 unspecified atom stereocenters. The summed E-state index contributed by atoms with van der Waals surface area (Å²) in [4.78, 5) is 12.8. The zero-order valence-corrected chi connectivity index (χ0v) is 11.7. The molecule has 0 saturated carbocycles. The second kappa shape index (κ2) is 6.56. The van der Waals surface area contributed by atoms with Crippen molar-refractivity contribution in [3.8, 4) is 5.75 Å². The van der Waals surface area contributed by atoms with Crippen LogP contribution in [-0.2, 0) is 0 Å². The second-order valence-corrected chi connectivity index (χ2v) is 5.01. The third-order valence-electron chi connectivity index (χ3n) is 3.75. The number of rotatable bonds is 5. The number of piperidine rings is 1. The van der Waals surface area contributed by atoms with Crippen molar-refractivity contribution in [2.24, 2.45) is 11.7 Å². The summed E-state index contributed by atoms with van der Waals surface area (Å²) < 4.78 is 5.38. The summed E-state index contributed by atoms with van der Waals surface area (Å²) in [5, 5.41) is 11.0. The summed E-state index contributed by atoms with van der Waals surface area (Å²) in [6, 6.07) is 5.09. The van der Waals surface area contributed by atoms with Gasteiger partial charge >= 0.3 is 5.69 Å². The van der Waals surface area contributed by atoms with Gasteiger partial charge in [-0.2, -0.15) is 0 Å². The molecule has 0 amide bonds. The molecule has 6 heteroatoms. The lowest BCUT2D eigenvalue weighted by atomic mass is 9.97. The van der Waals surface area contributed by atoms with Crippen molar-refractivity contribution >= 4 is 11.4 Å². The molecule has 1 saturated heterocycles. The van der Waals surface area contributed by atoms with Crippen molar-refractivity contribution in [1.82, 2.24) is 0 Å². The molecular formula is C14H21N3O3. The zero-order valence-electron chi connectivity index (χ0n) is 11.7. The van der Waals surface area contributed by atoms with E-state index < -0.39 is 4.92 Å². The fourth-order valence-corrected chi connectivity index (χ4v) is 2.55. The molecule has 1 aromatic carbocycles. The summed E-state index contributed by atoms with van der Waals surface area (Å²) in [7, 11) is 0. The third kappa shape index (κ3) is 3.19. The smallest absolute Gasteiger partial charge is 0.311 e. The highest BCUT2D eigenvalue weighted by Crippen LogP contribution is 2.33. The molecule has 1 fully saturated rings. The van der Waals surface area contributed by atoms with Crippen LogP contribution >= 0.6 is 0 Å². The van der Waals surface area contributed by atoms with Crippen molar-refractivity contribution in [3.63, 3.8) is 0 Å². The standard InChI is InChI=1S/C14H21N3O3/c1-2-20-14-9-12(3-4-13(14)17(18)19)16-7-5-11(10-15)6-8-16/h3-4,9,11H,2,5-8,10,15H2,1H3. The Kier molecular flexibility index (Phi) is 4.79. The number of anilines is 1. The molecule has 20 heavy (non-hydrogen) atoms. The molecule has 110 valence electrons. The van der Waals surface area contributed by atoms with Crippen molar-refractivity contribution in [2.45, 2.75) is 19.8 Å². The van der Waals surface area contributed by atoms with E-state index in [2.05, 4.69) is 4.90 Å². The number of nitro groups is 1. The van der Waals surface area contributed by atoms with E-state index in [1.54, 1.807) is 12.1 Å². The highest BCUT2D eigenvalue weighted by atomic mass is 16.6. The van der Waals surface area contributed by atoms with Gasteiger partial charge in [-0.1, -0.05) is 0 Å². The number of ether oxygens (including phenoxy) is 1. The minimum absolute atomic E-state index is 0.0208. The Bertz CT molecular complexity index is 471. The SMILES string of the molecule is CCOc1cc(N2CCC(CN)CC2)ccc1[N+](=O)[O-]. The summed E-state index contributed by atoms with van der Waals surface area (Å²) in [5.41, 5.74) is 6.69. The van der Waals surface area contributed by atoms with Crippen LogP contribution in [0.15, 0.2) is 18.2 Å². The monoisotopic (exact) mass is 279 g/mol. The van der Waals surface area contributed by atoms with Gasteiger partial charge in [-0.25, -0.2) is 0 Å². The molecule has 1 aromatic rings. The van der Waals surface area contributed by atoms with Crippen LogP contribution in [0, 0.1) is 16.0 Å². The van der Waals surface area contributed by atoms with Crippen LogP contribution in [0.5, 0.6) is 5.75 Å². The average Bonchev–Trinajstić information content (AvgIpc) is 2.47. The Balaban J connectivity index is 2.16. The Morgan fingerprint density at radius 2 is 2.15 bits per heavy atom. The number of nitrogens with two attached hydrogens (primary N) is 1. The molecule has 2 N–H and O–H groups in total. The molecule has 0 atom stereocenters. The van der Waals surface area contributed by atoms with Crippen LogP contribution in [0.4, 0.5) is 11.4 Å². The topological polar surface area (TPSA) is 81.6 Å². The molecule has 0 bridgehead atoms. The van der Waals surface area contributed by atoms with Crippen LogP contribution in [-0.4, -0.2) is 31.2 Å².